The number of hydrogen-bond acceptors (Lipinski definition) is 3. The minimum absolute atomic E-state index is 0.00520. The molecule has 0 aliphatic rings. The minimum atomic E-state index is -0.203. The highest BCUT2D eigenvalue weighted by Crippen LogP contribution is 2.26. The van der Waals surface area contributed by atoms with E-state index in [9.17, 15) is 9.59 Å². The highest BCUT2D eigenvalue weighted by Gasteiger charge is 2.21. The van der Waals surface area contributed by atoms with Crippen LogP contribution in [0.1, 0.15) is 49.2 Å². The minimum Gasteiger partial charge on any atom is -0.494 e. The predicted molar refractivity (Wildman–Crippen MR) is 138 cm³/mol. The van der Waals surface area contributed by atoms with Gasteiger partial charge in [-0.3, -0.25) is 9.59 Å². The topological polar surface area (TPSA) is 62.4 Å². The SMILES string of the molecule is CCOc1ccc(N(Cc2cc3ccccc3[nH]c2=O)C(=O)c2ccc(C(C)(C)C)cc2)cc1. The van der Waals surface area contributed by atoms with Crippen LogP contribution in [-0.4, -0.2) is 17.5 Å². The molecule has 0 aliphatic heterocycles. The van der Waals surface area contributed by atoms with Crippen LogP contribution >= 0.6 is 0 Å². The maximum atomic E-state index is 13.7. The lowest BCUT2D eigenvalue weighted by atomic mass is 9.86. The average Bonchev–Trinajstić information content (AvgIpc) is 2.82. The number of rotatable bonds is 6. The van der Waals surface area contributed by atoms with Gasteiger partial charge in [-0.2, -0.15) is 0 Å². The molecule has 5 nitrogen and oxygen atoms in total. The van der Waals surface area contributed by atoms with Crippen molar-refractivity contribution in [2.24, 2.45) is 0 Å². The van der Waals surface area contributed by atoms with E-state index >= 15 is 0 Å². The number of H-pyrrole nitrogens is 1. The number of benzene rings is 3. The van der Waals surface area contributed by atoms with E-state index in [-0.39, 0.29) is 23.4 Å². The highest BCUT2D eigenvalue weighted by atomic mass is 16.5. The Balaban J connectivity index is 1.73. The fraction of sp³-hybridized carbons (Fsp3) is 0.241. The third-order valence-electron chi connectivity index (χ3n) is 5.86. The number of nitrogens with zero attached hydrogens (tertiary/aromatic N) is 1. The number of carbonyl (C=O) groups excluding carboxylic acids is 1. The van der Waals surface area contributed by atoms with Gasteiger partial charge < -0.3 is 14.6 Å². The van der Waals surface area contributed by atoms with Gasteiger partial charge >= 0.3 is 0 Å². The van der Waals surface area contributed by atoms with E-state index in [4.69, 9.17) is 4.74 Å². The van der Waals surface area contributed by atoms with Crippen LogP contribution in [0.4, 0.5) is 5.69 Å². The highest BCUT2D eigenvalue weighted by molar-refractivity contribution is 6.06. The van der Waals surface area contributed by atoms with Crippen molar-refractivity contribution in [2.75, 3.05) is 11.5 Å². The molecule has 4 rings (SSSR count). The average molecular weight is 455 g/mol. The number of aromatic amines is 1. The van der Waals surface area contributed by atoms with E-state index in [0.29, 0.717) is 23.4 Å². The third kappa shape index (κ3) is 5.04. The Morgan fingerprint density at radius 2 is 1.62 bits per heavy atom. The summed E-state index contributed by atoms with van der Waals surface area (Å²) in [7, 11) is 0. The van der Waals surface area contributed by atoms with Crippen LogP contribution in [0.15, 0.2) is 83.7 Å². The molecule has 5 heteroatoms. The number of amides is 1. The van der Waals surface area contributed by atoms with Crippen molar-refractivity contribution in [1.29, 1.82) is 0 Å². The lowest BCUT2D eigenvalue weighted by molar-refractivity contribution is 0.0985. The molecule has 0 radical (unpaired) electrons. The molecule has 4 aromatic rings. The van der Waals surface area contributed by atoms with Crippen LogP contribution in [0.3, 0.4) is 0 Å². The monoisotopic (exact) mass is 454 g/mol. The number of anilines is 1. The van der Waals surface area contributed by atoms with Crippen LogP contribution in [0.2, 0.25) is 0 Å². The molecular formula is C29H30N2O3. The van der Waals surface area contributed by atoms with Gasteiger partial charge in [0.1, 0.15) is 5.75 Å². The zero-order valence-electron chi connectivity index (χ0n) is 20.1. The molecule has 0 saturated carbocycles. The zero-order chi connectivity index (χ0) is 24.3. The summed E-state index contributed by atoms with van der Waals surface area (Å²) < 4.78 is 5.56. The summed E-state index contributed by atoms with van der Waals surface area (Å²) in [4.78, 5) is 31.1. The summed E-state index contributed by atoms with van der Waals surface area (Å²) >= 11 is 0. The number of hydrogen-bond donors (Lipinski definition) is 1. The van der Waals surface area contributed by atoms with E-state index in [1.807, 2.05) is 85.8 Å². The van der Waals surface area contributed by atoms with E-state index in [1.165, 1.54) is 0 Å². The molecule has 1 aromatic heterocycles. The van der Waals surface area contributed by atoms with E-state index in [0.717, 1.165) is 22.2 Å². The van der Waals surface area contributed by atoms with Crippen LogP contribution < -0.4 is 15.2 Å². The molecule has 0 fully saturated rings. The van der Waals surface area contributed by atoms with Crippen LogP contribution in [-0.2, 0) is 12.0 Å². The fourth-order valence-electron chi connectivity index (χ4n) is 3.92. The lowest BCUT2D eigenvalue weighted by Crippen LogP contribution is -2.33. The van der Waals surface area contributed by atoms with Gasteiger partial charge in [-0.1, -0.05) is 51.1 Å². The number of aromatic nitrogens is 1. The van der Waals surface area contributed by atoms with Gasteiger partial charge in [0.05, 0.1) is 13.2 Å². The summed E-state index contributed by atoms with van der Waals surface area (Å²) in [6.07, 6.45) is 0. The fourth-order valence-corrected chi connectivity index (χ4v) is 3.92. The first-order valence-electron chi connectivity index (χ1n) is 11.5. The second-order valence-electron chi connectivity index (χ2n) is 9.36. The number of fused-ring (bicyclic) bond motifs is 1. The Morgan fingerprint density at radius 1 is 0.941 bits per heavy atom. The molecule has 174 valence electrons. The first kappa shape index (κ1) is 23.3. The molecule has 1 amide bonds. The molecule has 0 spiro atoms. The summed E-state index contributed by atoms with van der Waals surface area (Å²) in [6.45, 7) is 9.06. The van der Waals surface area contributed by atoms with Crippen molar-refractivity contribution in [3.63, 3.8) is 0 Å². The molecule has 0 saturated heterocycles. The molecule has 0 bridgehead atoms. The molecule has 3 aromatic carbocycles. The molecule has 0 atom stereocenters. The van der Waals surface area contributed by atoms with Crippen molar-refractivity contribution in [1.82, 2.24) is 4.98 Å². The molecule has 1 N–H and O–H groups in total. The first-order valence-corrected chi connectivity index (χ1v) is 11.5. The van der Waals surface area contributed by atoms with Gasteiger partial charge in [0.25, 0.3) is 11.5 Å². The Morgan fingerprint density at radius 3 is 2.26 bits per heavy atom. The van der Waals surface area contributed by atoms with E-state index in [1.54, 1.807) is 4.90 Å². The zero-order valence-corrected chi connectivity index (χ0v) is 20.1. The Bertz CT molecular complexity index is 1350. The standard InChI is InChI=1S/C29H30N2O3/c1-5-34-25-16-14-24(15-17-25)31(28(33)20-10-12-23(13-11-20)29(2,3)4)19-22-18-21-8-6-7-9-26(21)30-27(22)32/h6-18H,5,19H2,1-4H3,(H,30,32). The molecule has 1 heterocycles. The summed E-state index contributed by atoms with van der Waals surface area (Å²) in [5.74, 6) is 0.564. The van der Waals surface area contributed by atoms with Crippen LogP contribution in [0.5, 0.6) is 5.75 Å². The van der Waals surface area contributed by atoms with E-state index < -0.39 is 0 Å². The molecular weight excluding hydrogens is 424 g/mol. The summed E-state index contributed by atoms with van der Waals surface area (Å²) in [6, 6.07) is 24.6. The maximum Gasteiger partial charge on any atom is 0.258 e. The number of ether oxygens (including phenoxy) is 1. The van der Waals surface area contributed by atoms with Gasteiger partial charge in [0, 0.05) is 22.3 Å². The molecule has 0 unspecified atom stereocenters. The van der Waals surface area contributed by atoms with Crippen molar-refractivity contribution in [3.8, 4) is 5.75 Å². The van der Waals surface area contributed by atoms with Crippen LogP contribution in [0, 0.1) is 0 Å². The second-order valence-corrected chi connectivity index (χ2v) is 9.36. The normalized spacial score (nSPS) is 11.4. The molecule has 0 aliphatic carbocycles. The first-order chi connectivity index (χ1) is 16.3. The smallest absolute Gasteiger partial charge is 0.258 e. The number of nitrogens with one attached hydrogen (secondary N) is 1. The van der Waals surface area contributed by atoms with Gasteiger partial charge in [0.2, 0.25) is 0 Å². The Kier molecular flexibility index (Phi) is 6.55. The van der Waals surface area contributed by atoms with Gasteiger partial charge in [0.15, 0.2) is 0 Å². The van der Waals surface area contributed by atoms with Gasteiger partial charge in [-0.25, -0.2) is 0 Å². The van der Waals surface area contributed by atoms with Crippen molar-refractivity contribution >= 4 is 22.5 Å². The van der Waals surface area contributed by atoms with Crippen molar-refractivity contribution in [2.45, 2.75) is 39.7 Å². The van der Waals surface area contributed by atoms with Gasteiger partial charge in [-0.05, 0) is 71.8 Å². The predicted octanol–water partition coefficient (Wildman–Crippen LogP) is 6.07. The summed E-state index contributed by atoms with van der Waals surface area (Å²) in [5.41, 5.74) is 3.50. The largest absolute Gasteiger partial charge is 0.494 e. The Hall–Kier alpha value is -3.86. The number of pyridine rings is 1. The van der Waals surface area contributed by atoms with Crippen molar-refractivity contribution < 1.29 is 9.53 Å². The summed E-state index contributed by atoms with van der Waals surface area (Å²) in [5, 5.41) is 0.922. The quantitative estimate of drug-likeness (QED) is 0.385. The Labute approximate surface area is 200 Å². The second kappa shape index (κ2) is 9.56. The van der Waals surface area contributed by atoms with Gasteiger partial charge in [-0.15, -0.1) is 0 Å². The third-order valence-corrected chi connectivity index (χ3v) is 5.86. The van der Waals surface area contributed by atoms with Crippen LogP contribution in [0.25, 0.3) is 10.9 Å². The maximum absolute atomic E-state index is 13.7. The number of para-hydroxylation sites is 1. The lowest BCUT2D eigenvalue weighted by Gasteiger charge is -2.24. The van der Waals surface area contributed by atoms with Crippen molar-refractivity contribution in [3.05, 3.63) is 106 Å². The molecule has 34 heavy (non-hydrogen) atoms. The van der Waals surface area contributed by atoms with E-state index in [2.05, 4.69) is 25.8 Å². The number of carbonyl (C=O) groups is 1.